The van der Waals surface area contributed by atoms with Gasteiger partial charge in [-0.05, 0) is 36.8 Å². The summed E-state index contributed by atoms with van der Waals surface area (Å²) in [5.41, 5.74) is 3.26. The van der Waals surface area contributed by atoms with E-state index in [2.05, 4.69) is 10.4 Å². The number of hydrogen-bond donors (Lipinski definition) is 1. The topological polar surface area (TPSA) is 90.1 Å². The van der Waals surface area contributed by atoms with Crippen molar-refractivity contribution in [3.05, 3.63) is 51.2 Å². The summed E-state index contributed by atoms with van der Waals surface area (Å²) in [7, 11) is 0. The highest BCUT2D eigenvalue weighted by molar-refractivity contribution is 5.92. The van der Waals surface area contributed by atoms with Gasteiger partial charge in [0.15, 0.2) is 0 Å². The van der Waals surface area contributed by atoms with Crippen molar-refractivity contribution in [2.75, 3.05) is 5.32 Å². The van der Waals surface area contributed by atoms with Crippen LogP contribution in [0.3, 0.4) is 0 Å². The van der Waals surface area contributed by atoms with E-state index in [1.54, 1.807) is 6.92 Å². The van der Waals surface area contributed by atoms with E-state index in [0.29, 0.717) is 5.69 Å². The molecule has 0 radical (unpaired) electrons. The highest BCUT2D eigenvalue weighted by atomic mass is 16.6. The number of nitrogens with zero attached hydrogens (tertiary/aromatic N) is 3. The predicted octanol–water partition coefficient (Wildman–Crippen LogP) is 2.36. The number of aryl methyl sites for hydroxylation is 3. The zero-order valence-electron chi connectivity index (χ0n) is 12.1. The van der Waals surface area contributed by atoms with Crippen LogP contribution in [0.25, 0.3) is 0 Å². The second-order valence-corrected chi connectivity index (χ2v) is 4.87. The lowest BCUT2D eigenvalue weighted by Gasteiger charge is -2.10. The number of carbonyl (C=O) groups excluding carboxylic acids is 1. The van der Waals surface area contributed by atoms with Crippen LogP contribution in [-0.4, -0.2) is 20.6 Å². The Kier molecular flexibility index (Phi) is 4.02. The van der Waals surface area contributed by atoms with Gasteiger partial charge in [0.25, 0.3) is 0 Å². The average Bonchev–Trinajstić information content (AvgIpc) is 2.76. The fourth-order valence-corrected chi connectivity index (χ4v) is 2.07. The van der Waals surface area contributed by atoms with E-state index in [1.807, 2.05) is 32.0 Å². The molecule has 0 aliphatic heterocycles. The third kappa shape index (κ3) is 3.25. The first-order chi connectivity index (χ1) is 9.88. The molecule has 7 nitrogen and oxygen atoms in total. The third-order valence-electron chi connectivity index (χ3n) is 3.19. The van der Waals surface area contributed by atoms with Crippen molar-refractivity contribution >= 4 is 17.4 Å². The van der Waals surface area contributed by atoms with E-state index in [0.717, 1.165) is 16.8 Å². The standard InChI is InChI=1S/C14H16N4O3/c1-9-5-4-6-10(2)14(9)15-13(19)8-17-11(3)7-12(16-17)18(20)21/h4-7H,8H2,1-3H3,(H,15,19). The maximum Gasteiger partial charge on any atom is 0.390 e. The SMILES string of the molecule is Cc1cccc(C)c1NC(=O)Cn1nc([N+](=O)[O-])cc1C. The Balaban J connectivity index is 2.14. The van der Waals surface area contributed by atoms with E-state index >= 15 is 0 Å². The Morgan fingerprint density at radius 1 is 1.33 bits per heavy atom. The van der Waals surface area contributed by atoms with E-state index in [4.69, 9.17) is 0 Å². The molecule has 2 rings (SSSR count). The molecule has 0 atom stereocenters. The van der Waals surface area contributed by atoms with Crippen LogP contribution in [-0.2, 0) is 11.3 Å². The molecule has 2 aromatic rings. The predicted molar refractivity (Wildman–Crippen MR) is 78.2 cm³/mol. The molecule has 1 aromatic heterocycles. The first-order valence-corrected chi connectivity index (χ1v) is 6.43. The lowest BCUT2D eigenvalue weighted by atomic mass is 10.1. The number of anilines is 1. The van der Waals surface area contributed by atoms with E-state index in [-0.39, 0.29) is 18.3 Å². The molecule has 0 unspecified atom stereocenters. The highest BCUT2D eigenvalue weighted by Crippen LogP contribution is 2.19. The number of para-hydroxylation sites is 1. The summed E-state index contributed by atoms with van der Waals surface area (Å²) in [6.07, 6.45) is 0. The van der Waals surface area contributed by atoms with Crippen molar-refractivity contribution in [3.63, 3.8) is 0 Å². The number of carbonyl (C=O) groups is 1. The molecule has 1 amide bonds. The summed E-state index contributed by atoms with van der Waals surface area (Å²) in [4.78, 5) is 22.2. The highest BCUT2D eigenvalue weighted by Gasteiger charge is 2.18. The Morgan fingerprint density at radius 2 is 1.95 bits per heavy atom. The van der Waals surface area contributed by atoms with Gasteiger partial charge in [-0.3, -0.25) is 4.79 Å². The molecule has 0 fully saturated rings. The van der Waals surface area contributed by atoms with Crippen LogP contribution < -0.4 is 5.32 Å². The summed E-state index contributed by atoms with van der Waals surface area (Å²) in [6.45, 7) is 5.43. The van der Waals surface area contributed by atoms with Crippen molar-refractivity contribution < 1.29 is 9.72 Å². The van der Waals surface area contributed by atoms with Crippen molar-refractivity contribution in [3.8, 4) is 0 Å². The number of rotatable bonds is 4. The van der Waals surface area contributed by atoms with Gasteiger partial charge in [-0.15, -0.1) is 0 Å². The monoisotopic (exact) mass is 288 g/mol. The zero-order valence-corrected chi connectivity index (χ0v) is 12.1. The van der Waals surface area contributed by atoms with Crippen LogP contribution in [0.1, 0.15) is 16.8 Å². The molecule has 0 aliphatic rings. The van der Waals surface area contributed by atoms with Gasteiger partial charge in [-0.1, -0.05) is 18.2 Å². The van der Waals surface area contributed by atoms with Gasteiger partial charge in [0, 0.05) is 5.69 Å². The molecular formula is C14H16N4O3. The smallest absolute Gasteiger partial charge is 0.358 e. The van der Waals surface area contributed by atoms with Crippen LogP contribution in [0.2, 0.25) is 0 Å². The number of aromatic nitrogens is 2. The minimum absolute atomic E-state index is 0.0621. The molecule has 1 aromatic carbocycles. The summed E-state index contributed by atoms with van der Waals surface area (Å²) in [5, 5.41) is 17.3. The molecule has 0 aliphatic carbocycles. The molecule has 7 heteroatoms. The Bertz CT molecular complexity index is 686. The first kappa shape index (κ1) is 14.7. The van der Waals surface area contributed by atoms with E-state index in [9.17, 15) is 14.9 Å². The van der Waals surface area contributed by atoms with Crippen molar-refractivity contribution in [2.45, 2.75) is 27.3 Å². The number of hydrogen-bond acceptors (Lipinski definition) is 4. The van der Waals surface area contributed by atoms with Gasteiger partial charge in [0.1, 0.15) is 6.54 Å². The lowest BCUT2D eigenvalue weighted by Crippen LogP contribution is -2.21. The number of nitro groups is 1. The summed E-state index contributed by atoms with van der Waals surface area (Å²) < 4.78 is 1.32. The van der Waals surface area contributed by atoms with Crippen LogP contribution in [0, 0.1) is 30.9 Å². The van der Waals surface area contributed by atoms with Gasteiger partial charge in [0.2, 0.25) is 5.91 Å². The molecule has 110 valence electrons. The quantitative estimate of drug-likeness (QED) is 0.690. The van der Waals surface area contributed by atoms with Crippen LogP contribution in [0.15, 0.2) is 24.3 Å². The van der Waals surface area contributed by atoms with Crippen molar-refractivity contribution in [1.29, 1.82) is 0 Å². The van der Waals surface area contributed by atoms with Gasteiger partial charge in [0.05, 0.1) is 16.9 Å². The van der Waals surface area contributed by atoms with Gasteiger partial charge >= 0.3 is 5.82 Å². The lowest BCUT2D eigenvalue weighted by molar-refractivity contribution is -0.389. The molecule has 21 heavy (non-hydrogen) atoms. The summed E-state index contributed by atoms with van der Waals surface area (Å²) in [5.74, 6) is -0.527. The largest absolute Gasteiger partial charge is 0.390 e. The van der Waals surface area contributed by atoms with E-state index in [1.165, 1.54) is 10.7 Å². The van der Waals surface area contributed by atoms with Gasteiger partial charge in [-0.2, -0.15) is 4.68 Å². The number of nitrogens with one attached hydrogen (secondary N) is 1. The van der Waals surface area contributed by atoms with E-state index < -0.39 is 4.92 Å². The van der Waals surface area contributed by atoms with Crippen LogP contribution in [0.5, 0.6) is 0 Å². The summed E-state index contributed by atoms with van der Waals surface area (Å²) in [6, 6.07) is 7.08. The number of amides is 1. The fraction of sp³-hybridized carbons (Fsp3) is 0.286. The maximum atomic E-state index is 12.1. The van der Waals surface area contributed by atoms with Gasteiger partial charge < -0.3 is 15.4 Å². The van der Waals surface area contributed by atoms with Crippen LogP contribution >= 0.6 is 0 Å². The second-order valence-electron chi connectivity index (χ2n) is 4.87. The molecule has 0 saturated carbocycles. The number of benzene rings is 1. The minimum Gasteiger partial charge on any atom is -0.358 e. The van der Waals surface area contributed by atoms with Crippen molar-refractivity contribution in [2.24, 2.45) is 0 Å². The summed E-state index contributed by atoms with van der Waals surface area (Å²) >= 11 is 0. The molecule has 0 spiro atoms. The molecule has 1 heterocycles. The van der Waals surface area contributed by atoms with Crippen molar-refractivity contribution in [1.82, 2.24) is 9.78 Å². The Morgan fingerprint density at radius 3 is 2.48 bits per heavy atom. The Hall–Kier alpha value is -2.70. The fourth-order valence-electron chi connectivity index (χ4n) is 2.07. The molecule has 0 bridgehead atoms. The molecule has 0 saturated heterocycles. The first-order valence-electron chi connectivity index (χ1n) is 6.43. The third-order valence-corrected chi connectivity index (χ3v) is 3.19. The maximum absolute atomic E-state index is 12.1. The second kappa shape index (κ2) is 5.74. The minimum atomic E-state index is -0.576. The molecule has 1 N–H and O–H groups in total. The Labute approximate surface area is 121 Å². The molecular weight excluding hydrogens is 272 g/mol. The van der Waals surface area contributed by atoms with Crippen LogP contribution in [0.4, 0.5) is 11.5 Å². The zero-order chi connectivity index (χ0) is 15.6. The van der Waals surface area contributed by atoms with Gasteiger partial charge in [-0.25, -0.2) is 0 Å². The normalized spacial score (nSPS) is 10.4. The average molecular weight is 288 g/mol.